The van der Waals surface area contributed by atoms with E-state index in [1.165, 1.54) is 0 Å². The summed E-state index contributed by atoms with van der Waals surface area (Å²) >= 11 is 3.38. The van der Waals surface area contributed by atoms with Gasteiger partial charge in [0.15, 0.2) is 0 Å². The van der Waals surface area contributed by atoms with Crippen LogP contribution < -0.4 is 5.32 Å². The molecule has 0 atom stereocenters. The van der Waals surface area contributed by atoms with Crippen LogP contribution in [-0.2, 0) is 16.6 Å². The molecule has 0 aliphatic carbocycles. The van der Waals surface area contributed by atoms with Crippen LogP contribution in [0, 0.1) is 0 Å². The van der Waals surface area contributed by atoms with E-state index in [2.05, 4.69) is 26.1 Å². The number of hydrogen-bond acceptors (Lipinski definition) is 4. The monoisotopic (exact) mass is 465 g/mol. The van der Waals surface area contributed by atoms with Gasteiger partial charge in [-0.15, -0.1) is 0 Å². The van der Waals surface area contributed by atoms with E-state index in [4.69, 9.17) is 0 Å². The van der Waals surface area contributed by atoms with Gasteiger partial charge < -0.3 is 5.32 Å². The topological polar surface area (TPSA) is 69.7 Å². The Morgan fingerprint density at radius 1 is 1.07 bits per heavy atom. The molecule has 0 aromatic heterocycles. The van der Waals surface area contributed by atoms with E-state index in [1.807, 2.05) is 42.5 Å². The molecule has 0 saturated carbocycles. The number of halogens is 1. The smallest absolute Gasteiger partial charge is 0.255 e. The van der Waals surface area contributed by atoms with Crippen molar-refractivity contribution in [1.29, 1.82) is 0 Å². The second-order valence-electron chi connectivity index (χ2n) is 6.74. The molecule has 1 heterocycles. The van der Waals surface area contributed by atoms with Gasteiger partial charge in [0.25, 0.3) is 5.91 Å². The number of carbonyl (C=O) groups excluding carboxylic acids is 1. The minimum Gasteiger partial charge on any atom is -0.322 e. The van der Waals surface area contributed by atoms with Crippen LogP contribution in [0.25, 0.3) is 0 Å². The molecule has 28 heavy (non-hydrogen) atoms. The second kappa shape index (κ2) is 9.17. The molecule has 2 aromatic carbocycles. The molecule has 0 spiro atoms. The Bertz CT molecular complexity index is 924. The molecule has 0 unspecified atom stereocenters. The Kier molecular flexibility index (Phi) is 6.87. The van der Waals surface area contributed by atoms with E-state index >= 15 is 0 Å². The zero-order valence-corrected chi connectivity index (χ0v) is 18.2. The van der Waals surface area contributed by atoms with Crippen LogP contribution in [0.15, 0.2) is 53.0 Å². The van der Waals surface area contributed by atoms with E-state index in [1.54, 1.807) is 17.3 Å². The van der Waals surface area contributed by atoms with Crippen molar-refractivity contribution < 1.29 is 13.2 Å². The molecule has 1 aliphatic heterocycles. The first-order valence-electron chi connectivity index (χ1n) is 9.23. The zero-order valence-electron chi connectivity index (χ0n) is 15.8. The Labute approximate surface area is 174 Å². The Morgan fingerprint density at radius 2 is 1.75 bits per heavy atom. The molecule has 1 N–H and O–H groups in total. The summed E-state index contributed by atoms with van der Waals surface area (Å²) in [5.41, 5.74) is 2.38. The van der Waals surface area contributed by atoms with Gasteiger partial charge in [0, 0.05) is 48.4 Å². The van der Waals surface area contributed by atoms with Crippen molar-refractivity contribution >= 4 is 37.5 Å². The van der Waals surface area contributed by atoms with Gasteiger partial charge in [-0.25, -0.2) is 8.42 Å². The molecule has 8 heteroatoms. The quantitative estimate of drug-likeness (QED) is 0.710. The number of piperazine rings is 1. The van der Waals surface area contributed by atoms with Gasteiger partial charge >= 0.3 is 0 Å². The van der Waals surface area contributed by atoms with Crippen molar-refractivity contribution in [2.75, 3.05) is 37.2 Å². The van der Waals surface area contributed by atoms with Crippen LogP contribution in [0.5, 0.6) is 0 Å². The highest BCUT2D eigenvalue weighted by molar-refractivity contribution is 9.10. The van der Waals surface area contributed by atoms with Crippen molar-refractivity contribution in [3.63, 3.8) is 0 Å². The molecule has 1 aliphatic rings. The van der Waals surface area contributed by atoms with Gasteiger partial charge in [-0.3, -0.25) is 9.69 Å². The molecule has 1 amide bonds. The van der Waals surface area contributed by atoms with Crippen molar-refractivity contribution in [3.05, 3.63) is 64.1 Å². The molecule has 150 valence electrons. The van der Waals surface area contributed by atoms with Gasteiger partial charge in [0.2, 0.25) is 10.0 Å². The third-order valence-electron chi connectivity index (χ3n) is 4.79. The summed E-state index contributed by atoms with van der Waals surface area (Å²) in [5, 5.41) is 2.90. The molecule has 1 saturated heterocycles. The maximum absolute atomic E-state index is 12.5. The lowest BCUT2D eigenvalue weighted by Gasteiger charge is -2.33. The number of anilines is 1. The van der Waals surface area contributed by atoms with Crippen LogP contribution in [0.2, 0.25) is 0 Å². The number of amides is 1. The van der Waals surface area contributed by atoms with E-state index < -0.39 is 10.0 Å². The molecule has 6 nitrogen and oxygen atoms in total. The van der Waals surface area contributed by atoms with Crippen LogP contribution in [0.3, 0.4) is 0 Å². The summed E-state index contributed by atoms with van der Waals surface area (Å²) in [6.07, 6.45) is 0. The van der Waals surface area contributed by atoms with Crippen molar-refractivity contribution in [2.45, 2.75) is 13.5 Å². The summed E-state index contributed by atoms with van der Waals surface area (Å²) in [6.45, 7) is 4.77. The standard InChI is InChI=1S/C20H24BrN3O3S/c1-2-28(26,27)24-12-10-23(11-13-24)15-16-4-3-5-17(14-16)20(25)22-19-8-6-18(21)7-9-19/h3-9,14H,2,10-13,15H2,1H3,(H,22,25). The highest BCUT2D eigenvalue weighted by Gasteiger charge is 2.25. The highest BCUT2D eigenvalue weighted by atomic mass is 79.9. The predicted molar refractivity (Wildman–Crippen MR) is 115 cm³/mol. The average Bonchev–Trinajstić information content (AvgIpc) is 2.70. The van der Waals surface area contributed by atoms with Gasteiger partial charge in [-0.05, 0) is 48.9 Å². The van der Waals surface area contributed by atoms with Crippen LogP contribution in [-0.4, -0.2) is 55.5 Å². The van der Waals surface area contributed by atoms with E-state index in [0.717, 1.165) is 15.7 Å². The predicted octanol–water partition coefficient (Wildman–Crippen LogP) is 3.17. The molecule has 1 fully saturated rings. The maximum Gasteiger partial charge on any atom is 0.255 e. The lowest BCUT2D eigenvalue weighted by molar-refractivity contribution is 0.102. The first kappa shape index (κ1) is 21.0. The lowest BCUT2D eigenvalue weighted by atomic mass is 10.1. The summed E-state index contributed by atoms with van der Waals surface area (Å²) in [4.78, 5) is 14.7. The minimum atomic E-state index is -3.12. The molecule has 2 aromatic rings. The SMILES string of the molecule is CCS(=O)(=O)N1CCN(Cc2cccc(C(=O)Nc3ccc(Br)cc3)c2)CC1. The van der Waals surface area contributed by atoms with Crippen molar-refractivity contribution in [3.8, 4) is 0 Å². The Morgan fingerprint density at radius 3 is 2.39 bits per heavy atom. The second-order valence-corrected chi connectivity index (χ2v) is 9.91. The summed E-state index contributed by atoms with van der Waals surface area (Å²) in [7, 11) is -3.12. The third-order valence-corrected chi connectivity index (χ3v) is 7.20. The number of nitrogens with one attached hydrogen (secondary N) is 1. The van der Waals surface area contributed by atoms with Gasteiger partial charge in [-0.1, -0.05) is 28.1 Å². The van der Waals surface area contributed by atoms with E-state index in [-0.39, 0.29) is 11.7 Å². The van der Waals surface area contributed by atoms with Gasteiger partial charge in [-0.2, -0.15) is 4.31 Å². The summed E-state index contributed by atoms with van der Waals surface area (Å²) in [5.74, 6) is -0.00858. The summed E-state index contributed by atoms with van der Waals surface area (Å²) in [6, 6.07) is 15.0. The van der Waals surface area contributed by atoms with Crippen LogP contribution in [0.1, 0.15) is 22.8 Å². The zero-order chi connectivity index (χ0) is 20.1. The number of carbonyl (C=O) groups is 1. The number of nitrogens with zero attached hydrogens (tertiary/aromatic N) is 2. The van der Waals surface area contributed by atoms with Crippen LogP contribution >= 0.6 is 15.9 Å². The fourth-order valence-corrected chi connectivity index (χ4v) is 4.50. The first-order chi connectivity index (χ1) is 13.4. The molecule has 0 bridgehead atoms. The molecule has 0 radical (unpaired) electrons. The van der Waals surface area contributed by atoms with Gasteiger partial charge in [0.1, 0.15) is 0 Å². The van der Waals surface area contributed by atoms with Crippen molar-refractivity contribution in [1.82, 2.24) is 9.21 Å². The van der Waals surface area contributed by atoms with E-state index in [0.29, 0.717) is 38.3 Å². The summed E-state index contributed by atoms with van der Waals surface area (Å²) < 4.78 is 26.5. The Hall–Kier alpha value is -1.74. The lowest BCUT2D eigenvalue weighted by Crippen LogP contribution is -2.48. The fourth-order valence-electron chi connectivity index (χ4n) is 3.15. The molecular weight excluding hydrogens is 442 g/mol. The third kappa shape index (κ3) is 5.41. The van der Waals surface area contributed by atoms with E-state index in [9.17, 15) is 13.2 Å². The number of sulfonamides is 1. The molecular formula is C20H24BrN3O3S. The minimum absolute atomic E-state index is 0.141. The van der Waals surface area contributed by atoms with Crippen molar-refractivity contribution in [2.24, 2.45) is 0 Å². The molecule has 3 rings (SSSR count). The van der Waals surface area contributed by atoms with Crippen LogP contribution in [0.4, 0.5) is 5.69 Å². The number of rotatable bonds is 6. The largest absolute Gasteiger partial charge is 0.322 e. The number of hydrogen-bond donors (Lipinski definition) is 1. The Balaban J connectivity index is 1.59. The maximum atomic E-state index is 12.5. The fraction of sp³-hybridized carbons (Fsp3) is 0.350. The normalized spacial score (nSPS) is 16.1. The average molecular weight is 466 g/mol. The number of benzene rings is 2. The highest BCUT2D eigenvalue weighted by Crippen LogP contribution is 2.17. The van der Waals surface area contributed by atoms with Gasteiger partial charge in [0.05, 0.1) is 5.75 Å². The first-order valence-corrected chi connectivity index (χ1v) is 11.6.